The highest BCUT2D eigenvalue weighted by molar-refractivity contribution is 6.00. The lowest BCUT2D eigenvalue weighted by Crippen LogP contribution is -2.16. The molecule has 0 spiro atoms. The van der Waals surface area contributed by atoms with Gasteiger partial charge in [-0.05, 0) is 64.2 Å². The average Bonchev–Trinajstić information content (AvgIpc) is 2.99. The number of ether oxygens (including phenoxy) is 1. The lowest BCUT2D eigenvalue weighted by molar-refractivity contribution is 0.0469. The van der Waals surface area contributed by atoms with Crippen LogP contribution >= 0.6 is 0 Å². The van der Waals surface area contributed by atoms with Crippen LogP contribution in [0.2, 0.25) is 0 Å². The third-order valence-electron chi connectivity index (χ3n) is 5.40. The number of halogens is 2. The molecule has 4 nitrogen and oxygen atoms in total. The molecule has 0 bridgehead atoms. The molecule has 29 heavy (non-hydrogen) atoms. The molecule has 0 N–H and O–H groups in total. The Bertz CT molecular complexity index is 959. The third kappa shape index (κ3) is 5.00. The molecule has 0 unspecified atom stereocenters. The molecule has 1 aliphatic rings. The smallest absolute Gasteiger partial charge is 0.341 e. The largest absolute Gasteiger partial charge is 0.454 e. The lowest BCUT2D eigenvalue weighted by Gasteiger charge is -2.15. The van der Waals surface area contributed by atoms with Crippen LogP contribution in [0, 0.1) is 25.5 Å². The first-order chi connectivity index (χ1) is 13.9. The second-order valence-corrected chi connectivity index (χ2v) is 7.42. The zero-order chi connectivity index (χ0) is 21.0. The van der Waals surface area contributed by atoms with E-state index in [2.05, 4.69) is 10.6 Å². The summed E-state index contributed by atoms with van der Waals surface area (Å²) in [5.41, 5.74) is 3.36. The fourth-order valence-corrected chi connectivity index (χ4v) is 3.76. The van der Waals surface area contributed by atoms with Crippen LogP contribution in [0.15, 0.2) is 35.9 Å². The number of ketones is 1. The van der Waals surface area contributed by atoms with Gasteiger partial charge < -0.3 is 9.30 Å². The van der Waals surface area contributed by atoms with Crippen molar-refractivity contribution in [3.05, 3.63) is 70.1 Å². The van der Waals surface area contributed by atoms with Crippen molar-refractivity contribution >= 4 is 11.8 Å². The van der Waals surface area contributed by atoms with E-state index in [-0.39, 0.29) is 5.78 Å². The normalized spacial score (nSPS) is 13.9. The molecule has 0 atom stereocenters. The van der Waals surface area contributed by atoms with Crippen LogP contribution in [0.5, 0.6) is 0 Å². The Hall–Kier alpha value is -2.76. The maximum absolute atomic E-state index is 13.7. The summed E-state index contributed by atoms with van der Waals surface area (Å²) >= 11 is 0. The molecule has 0 saturated carbocycles. The van der Waals surface area contributed by atoms with Crippen LogP contribution in [-0.4, -0.2) is 22.9 Å². The van der Waals surface area contributed by atoms with Crippen LogP contribution < -0.4 is 0 Å². The molecule has 1 aromatic heterocycles. The standard InChI is InChI=1S/C23H25F2NO3/c1-15-12-20(16(2)26(15)11-10-17-6-4-3-5-7-17)22(27)14-29-23(28)19-9-8-18(24)13-21(19)25/h6,8-9,12-13H,3-5,7,10-11,14H2,1-2H3. The van der Waals surface area contributed by atoms with E-state index in [1.54, 1.807) is 6.07 Å². The Morgan fingerprint density at radius 1 is 1.10 bits per heavy atom. The highest BCUT2D eigenvalue weighted by Crippen LogP contribution is 2.23. The summed E-state index contributed by atoms with van der Waals surface area (Å²) < 4.78 is 33.7. The Balaban J connectivity index is 1.63. The molecule has 3 rings (SSSR count). The second-order valence-electron chi connectivity index (χ2n) is 7.42. The lowest BCUT2D eigenvalue weighted by atomic mass is 9.97. The number of esters is 1. The monoisotopic (exact) mass is 401 g/mol. The van der Waals surface area contributed by atoms with Crippen LogP contribution in [0.25, 0.3) is 0 Å². The molecule has 1 aliphatic carbocycles. The first-order valence-electron chi connectivity index (χ1n) is 9.87. The van der Waals surface area contributed by atoms with E-state index >= 15 is 0 Å². The van der Waals surface area contributed by atoms with E-state index < -0.39 is 29.8 Å². The fraction of sp³-hybridized carbons (Fsp3) is 0.391. The van der Waals surface area contributed by atoms with Gasteiger partial charge in [-0.1, -0.05) is 11.6 Å². The SMILES string of the molecule is Cc1cc(C(=O)COC(=O)c2ccc(F)cc2F)c(C)n1CCC1=CCCCC1. The molecule has 0 fully saturated rings. The van der Waals surface area contributed by atoms with Gasteiger partial charge in [-0.3, -0.25) is 4.79 Å². The number of hydrogen-bond donors (Lipinski definition) is 0. The molecular weight excluding hydrogens is 376 g/mol. The minimum atomic E-state index is -1.02. The molecule has 0 aliphatic heterocycles. The average molecular weight is 401 g/mol. The predicted octanol–water partition coefficient (Wildman–Crippen LogP) is 5.31. The summed E-state index contributed by atoms with van der Waals surface area (Å²) in [4.78, 5) is 24.6. The molecule has 0 amide bonds. The Labute approximate surface area is 169 Å². The minimum Gasteiger partial charge on any atom is -0.454 e. The van der Waals surface area contributed by atoms with E-state index in [0.29, 0.717) is 11.6 Å². The quantitative estimate of drug-likeness (QED) is 0.359. The van der Waals surface area contributed by atoms with Gasteiger partial charge in [-0.2, -0.15) is 0 Å². The van der Waals surface area contributed by atoms with Gasteiger partial charge >= 0.3 is 5.97 Å². The molecule has 0 radical (unpaired) electrons. The van der Waals surface area contributed by atoms with E-state index in [0.717, 1.165) is 49.3 Å². The number of aryl methyl sites for hydroxylation is 1. The summed E-state index contributed by atoms with van der Waals surface area (Å²) in [5, 5.41) is 0. The van der Waals surface area contributed by atoms with Crippen molar-refractivity contribution in [1.29, 1.82) is 0 Å². The van der Waals surface area contributed by atoms with Gasteiger partial charge in [-0.25, -0.2) is 13.6 Å². The Morgan fingerprint density at radius 3 is 2.59 bits per heavy atom. The highest BCUT2D eigenvalue weighted by atomic mass is 19.1. The number of nitrogens with zero attached hydrogens (tertiary/aromatic N) is 1. The number of Topliss-reactive ketones (excluding diaryl/α,β-unsaturated/α-hetero) is 1. The number of carbonyl (C=O) groups is 2. The summed E-state index contributed by atoms with van der Waals surface area (Å²) in [6.07, 6.45) is 8.05. The maximum Gasteiger partial charge on any atom is 0.341 e. The van der Waals surface area contributed by atoms with E-state index in [9.17, 15) is 18.4 Å². The molecule has 6 heteroatoms. The number of allylic oxidation sites excluding steroid dienone is 2. The minimum absolute atomic E-state index is 0.350. The predicted molar refractivity (Wildman–Crippen MR) is 106 cm³/mol. The summed E-state index contributed by atoms with van der Waals surface area (Å²) in [6, 6.07) is 4.37. The van der Waals surface area contributed by atoms with Crippen molar-refractivity contribution < 1.29 is 23.1 Å². The van der Waals surface area contributed by atoms with Gasteiger partial charge in [0.25, 0.3) is 0 Å². The fourth-order valence-electron chi connectivity index (χ4n) is 3.76. The van der Waals surface area contributed by atoms with E-state index in [1.807, 2.05) is 13.8 Å². The van der Waals surface area contributed by atoms with E-state index in [4.69, 9.17) is 4.74 Å². The zero-order valence-corrected chi connectivity index (χ0v) is 16.8. The van der Waals surface area contributed by atoms with Gasteiger partial charge in [0.15, 0.2) is 6.61 Å². The topological polar surface area (TPSA) is 48.3 Å². The highest BCUT2D eigenvalue weighted by Gasteiger charge is 2.20. The van der Waals surface area contributed by atoms with Crippen molar-refractivity contribution in [1.82, 2.24) is 4.57 Å². The van der Waals surface area contributed by atoms with Gasteiger partial charge in [0, 0.05) is 29.6 Å². The second kappa shape index (κ2) is 9.16. The first-order valence-corrected chi connectivity index (χ1v) is 9.87. The molecular formula is C23H25F2NO3. The summed E-state index contributed by atoms with van der Waals surface area (Å²) in [6.45, 7) is 4.12. The summed E-state index contributed by atoms with van der Waals surface area (Å²) in [7, 11) is 0. The zero-order valence-electron chi connectivity index (χ0n) is 16.8. The van der Waals surface area contributed by atoms with Gasteiger partial charge in [0.1, 0.15) is 11.6 Å². The number of benzene rings is 1. The van der Waals surface area contributed by atoms with Gasteiger partial charge in [0.2, 0.25) is 5.78 Å². The van der Waals surface area contributed by atoms with E-state index in [1.165, 1.54) is 18.4 Å². The van der Waals surface area contributed by atoms with Gasteiger partial charge in [0.05, 0.1) is 5.56 Å². The van der Waals surface area contributed by atoms with Crippen LogP contribution in [0.3, 0.4) is 0 Å². The number of aromatic nitrogens is 1. The van der Waals surface area contributed by atoms with Crippen LogP contribution in [0.1, 0.15) is 64.2 Å². The van der Waals surface area contributed by atoms with Crippen molar-refractivity contribution in [3.63, 3.8) is 0 Å². The van der Waals surface area contributed by atoms with Crippen LogP contribution in [-0.2, 0) is 11.3 Å². The Morgan fingerprint density at radius 2 is 1.90 bits per heavy atom. The van der Waals surface area contributed by atoms with Crippen LogP contribution in [0.4, 0.5) is 8.78 Å². The Kier molecular flexibility index (Phi) is 6.62. The number of rotatable bonds is 7. The van der Waals surface area contributed by atoms with Crippen molar-refractivity contribution in [2.75, 3.05) is 6.61 Å². The number of hydrogen-bond acceptors (Lipinski definition) is 3. The number of carbonyl (C=O) groups excluding carboxylic acids is 2. The van der Waals surface area contributed by atoms with Crippen molar-refractivity contribution in [2.45, 2.75) is 52.5 Å². The third-order valence-corrected chi connectivity index (χ3v) is 5.40. The molecule has 1 heterocycles. The molecule has 2 aromatic rings. The maximum atomic E-state index is 13.7. The molecule has 1 aromatic carbocycles. The first kappa shape index (κ1) is 21.0. The van der Waals surface area contributed by atoms with Crippen molar-refractivity contribution in [2.24, 2.45) is 0 Å². The summed E-state index contributed by atoms with van der Waals surface area (Å²) in [5.74, 6) is -3.14. The molecule has 154 valence electrons. The van der Waals surface area contributed by atoms with Crippen molar-refractivity contribution in [3.8, 4) is 0 Å². The molecule has 0 saturated heterocycles. The van der Waals surface area contributed by atoms with Gasteiger partial charge in [-0.15, -0.1) is 0 Å².